The minimum Gasteiger partial charge on any atom is -0.381 e. The molecule has 1 heterocycles. The summed E-state index contributed by atoms with van der Waals surface area (Å²) in [6.45, 7) is 7.02. The maximum atomic E-state index is 5.74. The average molecular weight is 295 g/mol. The van der Waals surface area contributed by atoms with E-state index in [9.17, 15) is 0 Å². The molecule has 0 saturated carbocycles. The Hall–Kier alpha value is -1.64. The van der Waals surface area contributed by atoms with Gasteiger partial charge in [-0.05, 0) is 18.1 Å². The lowest BCUT2D eigenvalue weighted by Crippen LogP contribution is -2.21. The predicted molar refractivity (Wildman–Crippen MR) is 90.9 cm³/mol. The molecule has 2 nitrogen and oxygen atoms in total. The van der Waals surface area contributed by atoms with Gasteiger partial charge in [-0.1, -0.05) is 60.7 Å². The highest BCUT2D eigenvalue weighted by atomic mass is 16.5. The van der Waals surface area contributed by atoms with Crippen molar-refractivity contribution in [1.29, 1.82) is 0 Å². The van der Waals surface area contributed by atoms with Gasteiger partial charge in [-0.25, -0.2) is 0 Å². The van der Waals surface area contributed by atoms with E-state index in [1.54, 1.807) is 0 Å². The van der Waals surface area contributed by atoms with Crippen LogP contribution in [0.3, 0.4) is 0 Å². The van der Waals surface area contributed by atoms with Crippen molar-refractivity contribution < 1.29 is 4.74 Å². The monoisotopic (exact) mass is 295 g/mol. The molecule has 0 aromatic heterocycles. The standard InChI is InChI=1S/C20H25NO/c1-2-22-16-19-14-21(13-17-9-5-3-6-10-17)15-20(19)18-11-7-4-8-12-18/h3-12,19-20H,2,13-16H2,1H3/t19-,20-/m0/s1. The van der Waals surface area contributed by atoms with Gasteiger partial charge in [-0.2, -0.15) is 0 Å². The van der Waals surface area contributed by atoms with E-state index < -0.39 is 0 Å². The molecule has 2 aromatic carbocycles. The van der Waals surface area contributed by atoms with Crippen LogP contribution in [0.25, 0.3) is 0 Å². The van der Waals surface area contributed by atoms with E-state index in [1.165, 1.54) is 11.1 Å². The quantitative estimate of drug-likeness (QED) is 0.800. The fraction of sp³-hybridized carbons (Fsp3) is 0.400. The highest BCUT2D eigenvalue weighted by Gasteiger charge is 2.33. The molecule has 2 aromatic rings. The molecule has 0 radical (unpaired) electrons. The summed E-state index contributed by atoms with van der Waals surface area (Å²) in [5.74, 6) is 1.17. The van der Waals surface area contributed by atoms with Gasteiger partial charge in [0.15, 0.2) is 0 Å². The first-order valence-corrected chi connectivity index (χ1v) is 8.25. The molecule has 1 saturated heterocycles. The largest absolute Gasteiger partial charge is 0.381 e. The van der Waals surface area contributed by atoms with E-state index in [1.807, 2.05) is 0 Å². The van der Waals surface area contributed by atoms with Crippen molar-refractivity contribution in [1.82, 2.24) is 4.90 Å². The van der Waals surface area contributed by atoms with Gasteiger partial charge >= 0.3 is 0 Å². The van der Waals surface area contributed by atoms with Gasteiger partial charge in [-0.15, -0.1) is 0 Å². The Labute approximate surface area is 133 Å². The molecule has 116 valence electrons. The first-order chi connectivity index (χ1) is 10.9. The second-order valence-electron chi connectivity index (χ2n) is 6.12. The zero-order valence-electron chi connectivity index (χ0n) is 13.3. The Morgan fingerprint density at radius 2 is 1.64 bits per heavy atom. The van der Waals surface area contributed by atoms with Crippen molar-refractivity contribution in [2.75, 3.05) is 26.3 Å². The Kier molecular flexibility index (Phi) is 5.25. The lowest BCUT2D eigenvalue weighted by molar-refractivity contribution is 0.107. The molecule has 1 fully saturated rings. The Balaban J connectivity index is 1.70. The van der Waals surface area contributed by atoms with E-state index in [0.29, 0.717) is 11.8 Å². The number of rotatable bonds is 6. The molecule has 2 heteroatoms. The van der Waals surface area contributed by atoms with Crippen molar-refractivity contribution in [2.24, 2.45) is 5.92 Å². The SMILES string of the molecule is CCOC[C@@H]1CN(Cc2ccccc2)C[C@H]1c1ccccc1. The van der Waals surface area contributed by atoms with Crippen molar-refractivity contribution >= 4 is 0 Å². The summed E-state index contributed by atoms with van der Waals surface area (Å²) in [5, 5.41) is 0. The Morgan fingerprint density at radius 3 is 2.32 bits per heavy atom. The van der Waals surface area contributed by atoms with Crippen molar-refractivity contribution in [2.45, 2.75) is 19.4 Å². The first kappa shape index (κ1) is 15.3. The molecule has 0 unspecified atom stereocenters. The normalized spacial score (nSPS) is 22.0. The van der Waals surface area contributed by atoms with Crippen molar-refractivity contribution in [3.8, 4) is 0 Å². The summed E-state index contributed by atoms with van der Waals surface area (Å²) in [7, 11) is 0. The number of hydrogen-bond donors (Lipinski definition) is 0. The van der Waals surface area contributed by atoms with Crippen LogP contribution in [0.2, 0.25) is 0 Å². The lowest BCUT2D eigenvalue weighted by atomic mass is 9.89. The fourth-order valence-electron chi connectivity index (χ4n) is 3.45. The van der Waals surface area contributed by atoms with Gasteiger partial charge < -0.3 is 4.74 Å². The molecular weight excluding hydrogens is 270 g/mol. The summed E-state index contributed by atoms with van der Waals surface area (Å²) in [4.78, 5) is 2.57. The molecule has 22 heavy (non-hydrogen) atoms. The first-order valence-electron chi connectivity index (χ1n) is 8.25. The van der Waals surface area contributed by atoms with Crippen LogP contribution in [-0.2, 0) is 11.3 Å². The van der Waals surface area contributed by atoms with Crippen LogP contribution in [0.15, 0.2) is 60.7 Å². The summed E-state index contributed by atoms with van der Waals surface area (Å²) in [6, 6.07) is 21.7. The van der Waals surface area contributed by atoms with Crippen LogP contribution in [0.1, 0.15) is 24.0 Å². The predicted octanol–water partition coefficient (Wildman–Crippen LogP) is 3.94. The Bertz CT molecular complexity index is 554. The average Bonchev–Trinajstić information content (AvgIpc) is 2.97. The molecule has 0 amide bonds. The highest BCUT2D eigenvalue weighted by Crippen LogP contribution is 2.33. The van der Waals surface area contributed by atoms with E-state index in [0.717, 1.165) is 32.8 Å². The third-order valence-electron chi connectivity index (χ3n) is 4.53. The number of hydrogen-bond acceptors (Lipinski definition) is 2. The van der Waals surface area contributed by atoms with Crippen LogP contribution in [0.4, 0.5) is 0 Å². The van der Waals surface area contributed by atoms with Gasteiger partial charge in [0.2, 0.25) is 0 Å². The van der Waals surface area contributed by atoms with E-state index in [2.05, 4.69) is 72.5 Å². The minimum atomic E-state index is 0.580. The molecule has 3 rings (SSSR count). The second kappa shape index (κ2) is 7.57. The maximum Gasteiger partial charge on any atom is 0.0512 e. The number of likely N-dealkylation sites (tertiary alicyclic amines) is 1. The smallest absolute Gasteiger partial charge is 0.0512 e. The third kappa shape index (κ3) is 3.76. The van der Waals surface area contributed by atoms with Crippen molar-refractivity contribution in [3.05, 3.63) is 71.8 Å². The number of nitrogens with zero attached hydrogens (tertiary/aromatic N) is 1. The molecule has 0 bridgehead atoms. The van der Waals surface area contributed by atoms with Crippen LogP contribution in [-0.4, -0.2) is 31.2 Å². The summed E-state index contributed by atoms with van der Waals surface area (Å²) >= 11 is 0. The summed E-state index contributed by atoms with van der Waals surface area (Å²) in [5.41, 5.74) is 2.84. The van der Waals surface area contributed by atoms with E-state index in [-0.39, 0.29) is 0 Å². The van der Waals surface area contributed by atoms with Crippen LogP contribution in [0.5, 0.6) is 0 Å². The molecular formula is C20H25NO. The van der Waals surface area contributed by atoms with E-state index in [4.69, 9.17) is 4.74 Å². The van der Waals surface area contributed by atoms with Crippen LogP contribution >= 0.6 is 0 Å². The second-order valence-corrected chi connectivity index (χ2v) is 6.12. The van der Waals surface area contributed by atoms with Crippen LogP contribution < -0.4 is 0 Å². The topological polar surface area (TPSA) is 12.5 Å². The van der Waals surface area contributed by atoms with Crippen LogP contribution in [0, 0.1) is 5.92 Å². The fourth-order valence-corrected chi connectivity index (χ4v) is 3.45. The van der Waals surface area contributed by atoms with Gasteiger partial charge in [0, 0.05) is 38.1 Å². The zero-order chi connectivity index (χ0) is 15.2. The minimum absolute atomic E-state index is 0.580. The summed E-state index contributed by atoms with van der Waals surface area (Å²) in [6.07, 6.45) is 0. The molecule has 0 spiro atoms. The third-order valence-corrected chi connectivity index (χ3v) is 4.53. The van der Waals surface area contributed by atoms with Gasteiger partial charge in [-0.3, -0.25) is 4.90 Å². The highest BCUT2D eigenvalue weighted by molar-refractivity contribution is 5.23. The molecule has 1 aliphatic rings. The van der Waals surface area contributed by atoms with Gasteiger partial charge in [0.25, 0.3) is 0 Å². The number of ether oxygens (including phenoxy) is 1. The zero-order valence-corrected chi connectivity index (χ0v) is 13.3. The molecule has 2 atom stereocenters. The molecule has 0 aliphatic carbocycles. The lowest BCUT2D eigenvalue weighted by Gasteiger charge is -2.18. The maximum absolute atomic E-state index is 5.74. The Morgan fingerprint density at radius 1 is 0.955 bits per heavy atom. The molecule has 0 N–H and O–H groups in total. The van der Waals surface area contributed by atoms with Crippen molar-refractivity contribution in [3.63, 3.8) is 0 Å². The van der Waals surface area contributed by atoms with Gasteiger partial charge in [0.05, 0.1) is 6.61 Å². The van der Waals surface area contributed by atoms with E-state index >= 15 is 0 Å². The molecule has 1 aliphatic heterocycles. The summed E-state index contributed by atoms with van der Waals surface area (Å²) < 4.78 is 5.74. The number of benzene rings is 2. The van der Waals surface area contributed by atoms with Gasteiger partial charge in [0.1, 0.15) is 0 Å².